The number of benzene rings is 5. The molecule has 0 unspecified atom stereocenters. The van der Waals surface area contributed by atoms with Crippen molar-refractivity contribution in [1.82, 2.24) is 0 Å². The zero-order valence-corrected chi connectivity index (χ0v) is 21.3. The molecule has 0 aliphatic carbocycles. The SMILES string of the molecule is COc1cc([C@H]2c3c(c4ccccc4oc3=O)Nc3ccc4ccccc4c32)ccc1OCc1ccccc1. The van der Waals surface area contributed by atoms with Crippen LogP contribution in [0.5, 0.6) is 11.5 Å². The highest BCUT2D eigenvalue weighted by molar-refractivity contribution is 6.00. The molecule has 5 aromatic carbocycles. The predicted molar refractivity (Wildman–Crippen MR) is 154 cm³/mol. The van der Waals surface area contributed by atoms with Crippen LogP contribution < -0.4 is 20.4 Å². The van der Waals surface area contributed by atoms with Gasteiger partial charge in [-0.3, -0.25) is 0 Å². The lowest BCUT2D eigenvalue weighted by Gasteiger charge is -2.31. The minimum atomic E-state index is -0.375. The maximum Gasteiger partial charge on any atom is 0.342 e. The fourth-order valence-corrected chi connectivity index (χ4v) is 5.61. The molecule has 6 aromatic rings. The second-order valence-corrected chi connectivity index (χ2v) is 9.66. The Morgan fingerprint density at radius 2 is 1.54 bits per heavy atom. The van der Waals surface area contributed by atoms with Crippen molar-refractivity contribution in [2.45, 2.75) is 12.5 Å². The Hall–Kier alpha value is -5.03. The van der Waals surface area contributed by atoms with E-state index in [9.17, 15) is 4.79 Å². The smallest absolute Gasteiger partial charge is 0.342 e. The van der Waals surface area contributed by atoms with Crippen LogP contribution in [0.2, 0.25) is 0 Å². The van der Waals surface area contributed by atoms with Crippen molar-refractivity contribution >= 4 is 33.1 Å². The Morgan fingerprint density at radius 1 is 0.769 bits per heavy atom. The highest BCUT2D eigenvalue weighted by atomic mass is 16.5. The van der Waals surface area contributed by atoms with Crippen molar-refractivity contribution in [3.05, 3.63) is 142 Å². The molecule has 7 rings (SSSR count). The third-order valence-corrected chi connectivity index (χ3v) is 7.41. The maximum absolute atomic E-state index is 13.6. The Kier molecular flexibility index (Phi) is 5.55. The van der Waals surface area contributed by atoms with Crippen LogP contribution in [0.4, 0.5) is 11.4 Å². The molecule has 1 N–H and O–H groups in total. The summed E-state index contributed by atoms with van der Waals surface area (Å²) >= 11 is 0. The Morgan fingerprint density at radius 3 is 2.38 bits per heavy atom. The van der Waals surface area contributed by atoms with Crippen LogP contribution in [-0.2, 0) is 6.61 Å². The van der Waals surface area contributed by atoms with Crippen LogP contribution in [0.3, 0.4) is 0 Å². The zero-order valence-electron chi connectivity index (χ0n) is 21.3. The van der Waals surface area contributed by atoms with E-state index in [0.29, 0.717) is 29.3 Å². The average molecular weight is 512 g/mol. The zero-order chi connectivity index (χ0) is 26.3. The normalized spacial score (nSPS) is 13.9. The van der Waals surface area contributed by atoms with Crippen LogP contribution >= 0.6 is 0 Å². The lowest BCUT2D eigenvalue weighted by molar-refractivity contribution is 0.284. The molecule has 2 heterocycles. The number of methoxy groups -OCH3 is 1. The number of hydrogen-bond acceptors (Lipinski definition) is 5. The van der Waals surface area contributed by atoms with Crippen molar-refractivity contribution < 1.29 is 13.9 Å². The molecule has 1 atom stereocenters. The van der Waals surface area contributed by atoms with E-state index in [-0.39, 0.29) is 11.5 Å². The van der Waals surface area contributed by atoms with Crippen LogP contribution in [0.1, 0.15) is 28.2 Å². The molecule has 5 heteroatoms. The van der Waals surface area contributed by atoms with Crippen molar-refractivity contribution in [1.29, 1.82) is 0 Å². The van der Waals surface area contributed by atoms with Crippen molar-refractivity contribution in [2.75, 3.05) is 12.4 Å². The van der Waals surface area contributed by atoms with E-state index in [2.05, 4.69) is 29.6 Å². The molecular weight excluding hydrogens is 486 g/mol. The van der Waals surface area contributed by atoms with Gasteiger partial charge >= 0.3 is 5.63 Å². The van der Waals surface area contributed by atoms with E-state index in [0.717, 1.165) is 44.2 Å². The molecule has 0 bridgehead atoms. The molecule has 5 nitrogen and oxygen atoms in total. The van der Waals surface area contributed by atoms with Gasteiger partial charge in [-0.25, -0.2) is 4.79 Å². The van der Waals surface area contributed by atoms with Crippen LogP contribution in [0.25, 0.3) is 21.7 Å². The van der Waals surface area contributed by atoms with E-state index in [1.165, 1.54) is 0 Å². The van der Waals surface area contributed by atoms with Gasteiger partial charge in [0, 0.05) is 17.0 Å². The lowest BCUT2D eigenvalue weighted by atomic mass is 9.79. The molecule has 1 aromatic heterocycles. The Balaban J connectivity index is 1.43. The monoisotopic (exact) mass is 511 g/mol. The first kappa shape index (κ1) is 23.1. The summed E-state index contributed by atoms with van der Waals surface area (Å²) in [4.78, 5) is 13.6. The molecule has 0 spiro atoms. The third kappa shape index (κ3) is 3.91. The van der Waals surface area contributed by atoms with Gasteiger partial charge in [0.05, 0.1) is 18.4 Å². The van der Waals surface area contributed by atoms with E-state index < -0.39 is 0 Å². The Bertz CT molecular complexity index is 1910. The van der Waals surface area contributed by atoms with Gasteiger partial charge in [-0.1, -0.05) is 78.9 Å². The molecule has 0 fully saturated rings. The standard InChI is InChI=1S/C34H25NO4/c1-37-29-19-23(16-18-28(29)38-20-21-9-3-2-4-10-21)30-31-24-12-6-5-11-22(24)15-17-26(31)35-33-25-13-7-8-14-27(25)39-34(36)32(30)33/h2-19,30,35H,20H2,1H3/t30-/m1/s1. The van der Waals surface area contributed by atoms with Crippen molar-refractivity contribution in [3.63, 3.8) is 0 Å². The molecular formula is C34H25NO4. The minimum Gasteiger partial charge on any atom is -0.493 e. The highest BCUT2D eigenvalue weighted by Crippen LogP contribution is 2.49. The number of hydrogen-bond donors (Lipinski definition) is 1. The van der Waals surface area contributed by atoms with Crippen LogP contribution in [0.15, 0.2) is 118 Å². The minimum absolute atomic E-state index is 0.358. The summed E-state index contributed by atoms with van der Waals surface area (Å²) in [6, 6.07) is 36.0. The second kappa shape index (κ2) is 9.37. The quantitative estimate of drug-likeness (QED) is 0.239. The van der Waals surface area contributed by atoms with Crippen LogP contribution in [-0.4, -0.2) is 7.11 Å². The molecule has 0 radical (unpaired) electrons. The summed E-state index contributed by atoms with van der Waals surface area (Å²) in [5.74, 6) is 0.874. The molecule has 0 saturated carbocycles. The van der Waals surface area contributed by atoms with Gasteiger partial charge in [-0.15, -0.1) is 0 Å². The number of ether oxygens (including phenoxy) is 2. The van der Waals surface area contributed by atoms with Gasteiger partial charge in [0.25, 0.3) is 0 Å². The van der Waals surface area contributed by atoms with Crippen molar-refractivity contribution in [2.24, 2.45) is 0 Å². The summed E-state index contributed by atoms with van der Waals surface area (Å²) in [5.41, 5.74) is 5.54. The van der Waals surface area contributed by atoms with Crippen LogP contribution in [0, 0.1) is 0 Å². The number of para-hydroxylation sites is 1. The second-order valence-electron chi connectivity index (χ2n) is 9.66. The van der Waals surface area contributed by atoms with Gasteiger partial charge in [0.2, 0.25) is 0 Å². The summed E-state index contributed by atoms with van der Waals surface area (Å²) < 4.78 is 17.8. The van der Waals surface area contributed by atoms with E-state index in [1.807, 2.05) is 84.9 Å². The highest BCUT2D eigenvalue weighted by Gasteiger charge is 2.34. The molecule has 190 valence electrons. The molecule has 0 saturated heterocycles. The largest absolute Gasteiger partial charge is 0.493 e. The van der Waals surface area contributed by atoms with E-state index >= 15 is 0 Å². The summed E-state index contributed by atoms with van der Waals surface area (Å²) in [5, 5.41) is 6.63. The summed E-state index contributed by atoms with van der Waals surface area (Å²) in [7, 11) is 1.63. The third-order valence-electron chi connectivity index (χ3n) is 7.41. The topological polar surface area (TPSA) is 60.7 Å². The summed E-state index contributed by atoms with van der Waals surface area (Å²) in [6.45, 7) is 0.426. The first-order chi connectivity index (χ1) is 19.2. The summed E-state index contributed by atoms with van der Waals surface area (Å²) in [6.07, 6.45) is 0. The van der Waals surface area contributed by atoms with Gasteiger partial charge < -0.3 is 19.2 Å². The first-order valence-corrected chi connectivity index (χ1v) is 12.9. The molecule has 1 aliphatic rings. The van der Waals surface area contributed by atoms with E-state index in [4.69, 9.17) is 13.9 Å². The average Bonchev–Trinajstić information content (AvgIpc) is 2.99. The van der Waals surface area contributed by atoms with E-state index in [1.54, 1.807) is 7.11 Å². The number of anilines is 2. The number of rotatable bonds is 5. The number of nitrogens with one attached hydrogen (secondary N) is 1. The van der Waals surface area contributed by atoms with Crippen molar-refractivity contribution in [3.8, 4) is 11.5 Å². The van der Waals surface area contributed by atoms with Gasteiger partial charge in [-0.05, 0) is 57.8 Å². The maximum atomic E-state index is 13.6. The molecule has 0 amide bonds. The fourth-order valence-electron chi connectivity index (χ4n) is 5.61. The molecule has 39 heavy (non-hydrogen) atoms. The molecule has 1 aliphatic heterocycles. The predicted octanol–water partition coefficient (Wildman–Crippen LogP) is 7.77. The lowest BCUT2D eigenvalue weighted by Crippen LogP contribution is -2.22. The fraction of sp³-hybridized carbons (Fsp3) is 0.0882. The Labute approximate surface area is 225 Å². The van der Waals surface area contributed by atoms with Gasteiger partial charge in [0.15, 0.2) is 11.5 Å². The van der Waals surface area contributed by atoms with Gasteiger partial charge in [0.1, 0.15) is 12.2 Å². The first-order valence-electron chi connectivity index (χ1n) is 12.9. The van der Waals surface area contributed by atoms with Gasteiger partial charge in [-0.2, -0.15) is 0 Å². The number of fused-ring (bicyclic) bond motifs is 6.